The Labute approximate surface area is 163 Å². The van der Waals surface area contributed by atoms with E-state index in [2.05, 4.69) is 74.5 Å². The number of hydrogen-bond donors (Lipinski definition) is 0. The molecule has 0 aliphatic carbocycles. The second kappa shape index (κ2) is 8.38. The monoisotopic (exact) mass is 371 g/mol. The number of rotatable bonds is 0. The van der Waals surface area contributed by atoms with Crippen LogP contribution >= 0.6 is 0 Å². The number of hydrogen-bond acceptors (Lipinski definition) is 0. The minimum absolute atomic E-state index is 0. The van der Waals surface area contributed by atoms with E-state index < -0.39 is 0 Å². The van der Waals surface area contributed by atoms with Crippen LogP contribution in [0.3, 0.4) is 0 Å². The minimum Gasteiger partial charge on any atom is -0.143 e. The van der Waals surface area contributed by atoms with Gasteiger partial charge in [-0.25, -0.2) is 0 Å². The van der Waals surface area contributed by atoms with Gasteiger partial charge in [-0.1, -0.05) is 38.1 Å². The van der Waals surface area contributed by atoms with Crippen LogP contribution in [0.2, 0.25) is 0 Å². The molecule has 0 aliphatic heterocycles. The molecule has 0 spiro atoms. The molecule has 0 unspecified atom stereocenters. The third kappa shape index (κ3) is 4.74. The number of fused-ring (bicyclic) bond motifs is 2. The molecule has 0 saturated carbocycles. The van der Waals surface area contributed by atoms with Crippen LogP contribution in [0.1, 0.15) is 11.1 Å². The SMILES string of the molecule is Cc1[c-]c2ccccc2cc1.Cc1[c-]c2ccccc2cc1.[Y]. The summed E-state index contributed by atoms with van der Waals surface area (Å²) in [5.74, 6) is 0. The summed E-state index contributed by atoms with van der Waals surface area (Å²) in [6.45, 7) is 4.12. The van der Waals surface area contributed by atoms with Crippen molar-refractivity contribution in [1.29, 1.82) is 0 Å². The van der Waals surface area contributed by atoms with Gasteiger partial charge in [0.15, 0.2) is 0 Å². The van der Waals surface area contributed by atoms with Crippen LogP contribution in [0.4, 0.5) is 0 Å². The van der Waals surface area contributed by atoms with E-state index in [0.717, 1.165) is 0 Å². The Morgan fingerprint density at radius 2 is 0.913 bits per heavy atom. The fraction of sp³-hybridized carbons (Fsp3) is 0.0909. The molecule has 0 heterocycles. The van der Waals surface area contributed by atoms with Crippen LogP contribution in [0, 0.1) is 26.0 Å². The van der Waals surface area contributed by atoms with Crippen molar-refractivity contribution < 1.29 is 32.7 Å². The van der Waals surface area contributed by atoms with Crippen LogP contribution in [-0.2, 0) is 32.7 Å². The molecule has 0 saturated heterocycles. The zero-order valence-electron chi connectivity index (χ0n) is 13.5. The summed E-state index contributed by atoms with van der Waals surface area (Å²) in [6.07, 6.45) is 0. The maximum atomic E-state index is 3.29. The molecule has 111 valence electrons. The Hall–Kier alpha value is -1.50. The number of benzene rings is 4. The van der Waals surface area contributed by atoms with Gasteiger partial charge in [0, 0.05) is 32.7 Å². The Kier molecular flexibility index (Phi) is 6.51. The van der Waals surface area contributed by atoms with Crippen molar-refractivity contribution in [3.8, 4) is 0 Å². The fourth-order valence-corrected chi connectivity index (χ4v) is 2.45. The summed E-state index contributed by atoms with van der Waals surface area (Å²) in [5, 5.41) is 4.93. The van der Waals surface area contributed by atoms with E-state index in [-0.39, 0.29) is 32.7 Å². The van der Waals surface area contributed by atoms with E-state index in [9.17, 15) is 0 Å². The van der Waals surface area contributed by atoms with Gasteiger partial charge in [0.2, 0.25) is 0 Å². The normalized spacial score (nSPS) is 9.83. The first kappa shape index (κ1) is 17.9. The van der Waals surface area contributed by atoms with Crippen molar-refractivity contribution in [3.05, 3.63) is 96.1 Å². The molecule has 4 aromatic carbocycles. The molecule has 0 aromatic heterocycles. The quantitative estimate of drug-likeness (QED) is 0.338. The van der Waals surface area contributed by atoms with Gasteiger partial charge in [0.1, 0.15) is 0 Å². The van der Waals surface area contributed by atoms with Crippen molar-refractivity contribution in [2.75, 3.05) is 0 Å². The first-order valence-electron chi connectivity index (χ1n) is 7.48. The van der Waals surface area contributed by atoms with E-state index in [1.807, 2.05) is 24.3 Å². The van der Waals surface area contributed by atoms with Gasteiger partial charge in [-0.05, 0) is 0 Å². The molecule has 0 fully saturated rings. The van der Waals surface area contributed by atoms with E-state index in [1.165, 1.54) is 32.7 Å². The van der Waals surface area contributed by atoms with Crippen LogP contribution < -0.4 is 0 Å². The van der Waals surface area contributed by atoms with E-state index in [1.54, 1.807) is 0 Å². The summed E-state index contributed by atoms with van der Waals surface area (Å²) in [6, 6.07) is 31.6. The van der Waals surface area contributed by atoms with Gasteiger partial charge >= 0.3 is 0 Å². The molecule has 4 aromatic rings. The van der Waals surface area contributed by atoms with Crippen molar-refractivity contribution in [2.45, 2.75) is 13.8 Å². The van der Waals surface area contributed by atoms with Crippen LogP contribution in [-0.4, -0.2) is 0 Å². The van der Waals surface area contributed by atoms with Crippen LogP contribution in [0.25, 0.3) is 21.5 Å². The van der Waals surface area contributed by atoms with Crippen molar-refractivity contribution in [3.63, 3.8) is 0 Å². The van der Waals surface area contributed by atoms with E-state index in [0.29, 0.717) is 0 Å². The smallest absolute Gasteiger partial charge is 0 e. The third-order valence-corrected chi connectivity index (χ3v) is 3.61. The predicted octanol–water partition coefficient (Wildman–Crippen LogP) is 5.89. The summed E-state index contributed by atoms with van der Waals surface area (Å²) >= 11 is 0. The summed E-state index contributed by atoms with van der Waals surface area (Å²) < 4.78 is 0. The summed E-state index contributed by atoms with van der Waals surface area (Å²) in [5.41, 5.74) is 2.40. The second-order valence-corrected chi connectivity index (χ2v) is 5.46. The Morgan fingerprint density at radius 1 is 0.522 bits per heavy atom. The molecular formula is C22H18Y-2. The fourth-order valence-electron chi connectivity index (χ4n) is 2.45. The largest absolute Gasteiger partial charge is 0.143 e. The average molecular weight is 371 g/mol. The molecule has 23 heavy (non-hydrogen) atoms. The maximum absolute atomic E-state index is 3.29. The molecule has 0 N–H and O–H groups in total. The van der Waals surface area contributed by atoms with E-state index >= 15 is 0 Å². The minimum atomic E-state index is 0. The average Bonchev–Trinajstić information content (AvgIpc) is 2.55. The molecule has 4 rings (SSSR count). The molecule has 0 atom stereocenters. The van der Waals surface area contributed by atoms with Crippen LogP contribution in [0.5, 0.6) is 0 Å². The third-order valence-electron chi connectivity index (χ3n) is 3.61. The van der Waals surface area contributed by atoms with E-state index in [4.69, 9.17) is 0 Å². The summed E-state index contributed by atoms with van der Waals surface area (Å²) in [7, 11) is 0. The Balaban J connectivity index is 0.000000160. The first-order valence-corrected chi connectivity index (χ1v) is 7.48. The maximum Gasteiger partial charge on any atom is 0 e. The van der Waals surface area contributed by atoms with Gasteiger partial charge in [-0.2, -0.15) is 0 Å². The Morgan fingerprint density at radius 3 is 1.35 bits per heavy atom. The standard InChI is InChI=1S/2C11H9.Y/c2*1-9-6-7-10-4-2-3-5-11(10)8-9;/h2*2-7H,1H3;/q2*-1;. The van der Waals surface area contributed by atoms with Crippen molar-refractivity contribution in [1.82, 2.24) is 0 Å². The first-order chi connectivity index (χ1) is 10.7. The number of aryl methyl sites for hydroxylation is 2. The topological polar surface area (TPSA) is 0 Å². The molecular weight excluding hydrogens is 353 g/mol. The van der Waals surface area contributed by atoms with Gasteiger partial charge in [-0.15, -0.1) is 93.3 Å². The molecule has 1 radical (unpaired) electrons. The Bertz CT molecular complexity index is 832. The molecule has 0 bridgehead atoms. The molecule has 0 aliphatic rings. The van der Waals surface area contributed by atoms with Crippen LogP contribution in [0.15, 0.2) is 72.8 Å². The predicted molar refractivity (Wildman–Crippen MR) is 95.0 cm³/mol. The molecule has 1 heteroatoms. The van der Waals surface area contributed by atoms with Gasteiger partial charge in [-0.3, -0.25) is 0 Å². The molecule has 0 nitrogen and oxygen atoms in total. The van der Waals surface area contributed by atoms with Crippen molar-refractivity contribution >= 4 is 21.5 Å². The summed E-state index contributed by atoms with van der Waals surface area (Å²) in [4.78, 5) is 0. The van der Waals surface area contributed by atoms with Gasteiger partial charge in [0.05, 0.1) is 0 Å². The van der Waals surface area contributed by atoms with Gasteiger partial charge < -0.3 is 0 Å². The second-order valence-electron chi connectivity index (χ2n) is 5.46. The zero-order valence-corrected chi connectivity index (χ0v) is 16.3. The zero-order chi connectivity index (χ0) is 15.4. The van der Waals surface area contributed by atoms with Gasteiger partial charge in [0.25, 0.3) is 0 Å². The molecule has 0 amide bonds. The van der Waals surface area contributed by atoms with Crippen molar-refractivity contribution in [2.24, 2.45) is 0 Å².